The second kappa shape index (κ2) is 4.40. The Balaban J connectivity index is 2.25. The summed E-state index contributed by atoms with van der Waals surface area (Å²) in [6.45, 7) is 1.98. The van der Waals surface area contributed by atoms with Crippen molar-refractivity contribution in [2.45, 2.75) is 6.92 Å². The highest BCUT2D eigenvalue weighted by atomic mass is 79.9. The minimum Gasteiger partial charge on any atom is -0.436 e. The maximum absolute atomic E-state index is 5.54. The van der Waals surface area contributed by atoms with Crippen molar-refractivity contribution in [2.75, 3.05) is 0 Å². The second-order valence-electron chi connectivity index (χ2n) is 3.09. The molecule has 0 N–H and O–H groups in total. The number of ether oxygens (including phenoxy) is 1. The van der Waals surface area contributed by atoms with Crippen LogP contribution in [0.3, 0.4) is 0 Å². The Morgan fingerprint density at radius 3 is 2.87 bits per heavy atom. The molecule has 0 aliphatic rings. The summed E-state index contributed by atoms with van der Waals surface area (Å²) in [6, 6.07) is 5.61. The van der Waals surface area contributed by atoms with Crippen molar-refractivity contribution in [3.05, 3.63) is 46.8 Å². The SMILES string of the molecule is Cc1cnc(Oc2cccnc2)c(Br)c1. The molecule has 0 spiro atoms. The first kappa shape index (κ1) is 10.1. The van der Waals surface area contributed by atoms with E-state index in [4.69, 9.17) is 4.74 Å². The zero-order chi connectivity index (χ0) is 10.7. The molecule has 3 nitrogen and oxygen atoms in total. The van der Waals surface area contributed by atoms with Crippen LogP contribution in [0.4, 0.5) is 0 Å². The number of hydrogen-bond donors (Lipinski definition) is 0. The van der Waals surface area contributed by atoms with Crippen LogP contribution in [-0.4, -0.2) is 9.97 Å². The van der Waals surface area contributed by atoms with Gasteiger partial charge in [-0.05, 0) is 46.6 Å². The maximum Gasteiger partial charge on any atom is 0.233 e. The second-order valence-corrected chi connectivity index (χ2v) is 3.94. The van der Waals surface area contributed by atoms with Crippen molar-refractivity contribution < 1.29 is 4.74 Å². The van der Waals surface area contributed by atoms with E-state index in [1.54, 1.807) is 18.6 Å². The summed E-state index contributed by atoms with van der Waals surface area (Å²) >= 11 is 3.40. The molecule has 0 aromatic carbocycles. The van der Waals surface area contributed by atoms with Crippen LogP contribution in [-0.2, 0) is 0 Å². The summed E-state index contributed by atoms with van der Waals surface area (Å²) in [5, 5.41) is 0. The highest BCUT2D eigenvalue weighted by molar-refractivity contribution is 9.10. The van der Waals surface area contributed by atoms with Crippen LogP contribution in [0, 0.1) is 6.92 Å². The summed E-state index contributed by atoms with van der Waals surface area (Å²) in [5.41, 5.74) is 1.08. The van der Waals surface area contributed by atoms with Crippen molar-refractivity contribution in [3.63, 3.8) is 0 Å². The number of nitrogens with zero attached hydrogens (tertiary/aromatic N) is 2. The van der Waals surface area contributed by atoms with Crippen LogP contribution in [0.2, 0.25) is 0 Å². The molecule has 15 heavy (non-hydrogen) atoms. The van der Waals surface area contributed by atoms with Gasteiger partial charge in [0.25, 0.3) is 0 Å². The molecule has 0 fully saturated rings. The molecule has 4 heteroatoms. The molecule has 0 saturated carbocycles. The molecule has 2 aromatic heterocycles. The zero-order valence-electron chi connectivity index (χ0n) is 8.14. The topological polar surface area (TPSA) is 35.0 Å². The van der Waals surface area contributed by atoms with E-state index in [9.17, 15) is 0 Å². The summed E-state index contributed by atoms with van der Waals surface area (Å²) in [5.74, 6) is 1.23. The molecule has 0 bridgehead atoms. The average Bonchev–Trinajstić information content (AvgIpc) is 2.24. The van der Waals surface area contributed by atoms with Crippen molar-refractivity contribution in [1.29, 1.82) is 0 Å². The van der Waals surface area contributed by atoms with Gasteiger partial charge in [0.05, 0.1) is 10.7 Å². The van der Waals surface area contributed by atoms with Gasteiger partial charge < -0.3 is 4.74 Å². The van der Waals surface area contributed by atoms with E-state index in [1.807, 2.05) is 25.1 Å². The Labute approximate surface area is 96.3 Å². The summed E-state index contributed by atoms with van der Waals surface area (Å²) < 4.78 is 6.38. The normalized spacial score (nSPS) is 10.0. The fraction of sp³-hybridized carbons (Fsp3) is 0.0909. The van der Waals surface area contributed by atoms with E-state index in [0.29, 0.717) is 11.6 Å². The third kappa shape index (κ3) is 2.53. The van der Waals surface area contributed by atoms with E-state index in [0.717, 1.165) is 10.0 Å². The van der Waals surface area contributed by atoms with Crippen molar-refractivity contribution in [1.82, 2.24) is 9.97 Å². The van der Waals surface area contributed by atoms with Gasteiger partial charge in [-0.15, -0.1) is 0 Å². The van der Waals surface area contributed by atoms with Gasteiger partial charge >= 0.3 is 0 Å². The standard InChI is InChI=1S/C11H9BrN2O/c1-8-5-10(12)11(14-6-8)15-9-3-2-4-13-7-9/h2-7H,1H3. The Bertz CT molecular complexity index is 459. The molecule has 0 unspecified atom stereocenters. The van der Waals surface area contributed by atoms with Crippen LogP contribution in [0.5, 0.6) is 11.6 Å². The smallest absolute Gasteiger partial charge is 0.233 e. The van der Waals surface area contributed by atoms with Gasteiger partial charge in [-0.25, -0.2) is 4.98 Å². The lowest BCUT2D eigenvalue weighted by atomic mass is 10.3. The molecule has 0 saturated heterocycles. The monoisotopic (exact) mass is 264 g/mol. The van der Waals surface area contributed by atoms with Gasteiger partial charge in [-0.2, -0.15) is 0 Å². The highest BCUT2D eigenvalue weighted by Crippen LogP contribution is 2.27. The van der Waals surface area contributed by atoms with Crippen LogP contribution in [0.15, 0.2) is 41.3 Å². The molecular weight excluding hydrogens is 256 g/mol. The van der Waals surface area contributed by atoms with Gasteiger partial charge in [-0.1, -0.05) is 0 Å². The number of halogens is 1. The largest absolute Gasteiger partial charge is 0.436 e. The molecule has 2 aromatic rings. The third-order valence-corrected chi connectivity index (χ3v) is 2.36. The van der Waals surface area contributed by atoms with Crippen LogP contribution >= 0.6 is 15.9 Å². The lowest BCUT2D eigenvalue weighted by Gasteiger charge is -2.05. The van der Waals surface area contributed by atoms with Gasteiger partial charge in [0.2, 0.25) is 5.88 Å². The summed E-state index contributed by atoms with van der Waals surface area (Å²) in [6.07, 6.45) is 5.11. The zero-order valence-corrected chi connectivity index (χ0v) is 9.73. The third-order valence-electron chi connectivity index (χ3n) is 1.79. The maximum atomic E-state index is 5.54. The summed E-state index contributed by atoms with van der Waals surface area (Å²) in [4.78, 5) is 8.14. The van der Waals surface area contributed by atoms with Crippen molar-refractivity contribution in [3.8, 4) is 11.6 Å². The Kier molecular flexibility index (Phi) is 2.97. The lowest BCUT2D eigenvalue weighted by molar-refractivity contribution is 0.457. The van der Waals surface area contributed by atoms with Gasteiger partial charge in [-0.3, -0.25) is 4.98 Å². The number of hydrogen-bond acceptors (Lipinski definition) is 3. The summed E-state index contributed by atoms with van der Waals surface area (Å²) in [7, 11) is 0. The first-order valence-electron chi connectivity index (χ1n) is 4.46. The molecule has 0 radical (unpaired) electrons. The molecule has 0 aliphatic carbocycles. The van der Waals surface area contributed by atoms with E-state index >= 15 is 0 Å². The number of aromatic nitrogens is 2. The van der Waals surface area contributed by atoms with E-state index in [2.05, 4.69) is 25.9 Å². The fourth-order valence-electron chi connectivity index (χ4n) is 1.12. The lowest BCUT2D eigenvalue weighted by Crippen LogP contribution is -1.90. The molecule has 76 valence electrons. The molecule has 0 amide bonds. The van der Waals surface area contributed by atoms with E-state index in [1.165, 1.54) is 0 Å². The van der Waals surface area contributed by atoms with Crippen LogP contribution in [0.1, 0.15) is 5.56 Å². The minimum atomic E-state index is 0.550. The molecule has 0 aliphatic heterocycles. The van der Waals surface area contributed by atoms with Crippen LogP contribution < -0.4 is 4.74 Å². The number of aryl methyl sites for hydroxylation is 1. The number of rotatable bonds is 2. The Morgan fingerprint density at radius 1 is 1.33 bits per heavy atom. The fourth-order valence-corrected chi connectivity index (χ4v) is 1.66. The van der Waals surface area contributed by atoms with Gasteiger partial charge in [0.15, 0.2) is 0 Å². The molecular formula is C11H9BrN2O. The van der Waals surface area contributed by atoms with E-state index in [-0.39, 0.29) is 0 Å². The van der Waals surface area contributed by atoms with Crippen LogP contribution in [0.25, 0.3) is 0 Å². The Hall–Kier alpha value is -1.42. The van der Waals surface area contributed by atoms with Gasteiger partial charge in [0.1, 0.15) is 5.75 Å². The predicted octanol–water partition coefficient (Wildman–Crippen LogP) is 3.34. The average molecular weight is 265 g/mol. The van der Waals surface area contributed by atoms with Crippen molar-refractivity contribution >= 4 is 15.9 Å². The highest BCUT2D eigenvalue weighted by Gasteiger charge is 2.03. The minimum absolute atomic E-state index is 0.550. The van der Waals surface area contributed by atoms with Crippen molar-refractivity contribution in [2.24, 2.45) is 0 Å². The quantitative estimate of drug-likeness (QED) is 0.835. The first-order valence-corrected chi connectivity index (χ1v) is 5.25. The molecule has 2 rings (SSSR count). The first-order chi connectivity index (χ1) is 7.25. The molecule has 0 atom stereocenters. The molecule has 2 heterocycles. The van der Waals surface area contributed by atoms with Gasteiger partial charge in [0, 0.05) is 12.4 Å². The number of pyridine rings is 2. The predicted molar refractivity (Wildman–Crippen MR) is 61.0 cm³/mol. The van der Waals surface area contributed by atoms with E-state index < -0.39 is 0 Å². The Morgan fingerprint density at radius 2 is 2.20 bits per heavy atom.